The van der Waals surface area contributed by atoms with Crippen molar-refractivity contribution in [2.75, 3.05) is 6.61 Å². The molecule has 0 amide bonds. The summed E-state index contributed by atoms with van der Waals surface area (Å²) in [6.45, 7) is 4.53. The normalized spacial score (nSPS) is 10.7. The lowest BCUT2D eigenvalue weighted by Crippen LogP contribution is -2.01. The SMILES string of the molecule is Cc1c(CCO)cc(-c2ccccc2)c(C)c1-c1ccccc1. The van der Waals surface area contributed by atoms with Gasteiger partial charge in [0.1, 0.15) is 0 Å². The summed E-state index contributed by atoms with van der Waals surface area (Å²) in [4.78, 5) is 0. The van der Waals surface area contributed by atoms with E-state index in [0.717, 1.165) is 0 Å². The molecular formula is C22H22O. The number of aliphatic hydroxyl groups is 1. The second-order valence-electron chi connectivity index (χ2n) is 5.91. The Morgan fingerprint density at radius 2 is 1.30 bits per heavy atom. The molecule has 0 aliphatic heterocycles. The van der Waals surface area contributed by atoms with E-state index in [1.54, 1.807) is 0 Å². The highest BCUT2D eigenvalue weighted by Crippen LogP contribution is 2.36. The molecule has 0 atom stereocenters. The zero-order valence-electron chi connectivity index (χ0n) is 13.7. The predicted octanol–water partition coefficient (Wildman–Crippen LogP) is 5.17. The summed E-state index contributed by atoms with van der Waals surface area (Å²) in [6, 6.07) is 23.2. The highest BCUT2D eigenvalue weighted by Gasteiger charge is 2.14. The quantitative estimate of drug-likeness (QED) is 0.704. The van der Waals surface area contributed by atoms with Gasteiger partial charge in [-0.1, -0.05) is 66.7 Å². The predicted molar refractivity (Wildman–Crippen MR) is 97.6 cm³/mol. The molecule has 0 aromatic heterocycles. The van der Waals surface area contributed by atoms with Crippen LogP contribution in [0.3, 0.4) is 0 Å². The fourth-order valence-corrected chi connectivity index (χ4v) is 3.30. The largest absolute Gasteiger partial charge is 0.396 e. The van der Waals surface area contributed by atoms with Gasteiger partial charge in [-0.15, -0.1) is 0 Å². The van der Waals surface area contributed by atoms with Crippen molar-refractivity contribution in [3.8, 4) is 22.3 Å². The maximum absolute atomic E-state index is 9.44. The molecule has 116 valence electrons. The molecular weight excluding hydrogens is 280 g/mol. The van der Waals surface area contributed by atoms with Crippen LogP contribution < -0.4 is 0 Å². The summed E-state index contributed by atoms with van der Waals surface area (Å²) >= 11 is 0. The molecule has 0 aliphatic rings. The zero-order valence-corrected chi connectivity index (χ0v) is 13.7. The van der Waals surface area contributed by atoms with Gasteiger partial charge in [0.2, 0.25) is 0 Å². The molecule has 0 unspecified atom stereocenters. The van der Waals surface area contributed by atoms with Gasteiger partial charge in [-0.3, -0.25) is 0 Å². The first-order valence-corrected chi connectivity index (χ1v) is 8.07. The maximum Gasteiger partial charge on any atom is 0.0471 e. The lowest BCUT2D eigenvalue weighted by Gasteiger charge is -2.19. The van der Waals surface area contributed by atoms with E-state index in [4.69, 9.17) is 0 Å². The van der Waals surface area contributed by atoms with Gasteiger partial charge in [-0.2, -0.15) is 0 Å². The Labute approximate surface area is 138 Å². The number of rotatable bonds is 4. The van der Waals surface area contributed by atoms with Crippen LogP contribution in [0.4, 0.5) is 0 Å². The third-order valence-electron chi connectivity index (χ3n) is 4.48. The first-order valence-electron chi connectivity index (χ1n) is 8.07. The van der Waals surface area contributed by atoms with E-state index in [2.05, 4.69) is 68.4 Å². The molecule has 1 heteroatoms. The molecule has 0 saturated heterocycles. The van der Waals surface area contributed by atoms with Crippen LogP contribution in [0.2, 0.25) is 0 Å². The molecule has 0 fully saturated rings. The van der Waals surface area contributed by atoms with Crippen molar-refractivity contribution in [3.63, 3.8) is 0 Å². The average Bonchev–Trinajstić information content (AvgIpc) is 2.59. The van der Waals surface area contributed by atoms with E-state index in [0.29, 0.717) is 6.42 Å². The van der Waals surface area contributed by atoms with Crippen LogP contribution in [0, 0.1) is 13.8 Å². The molecule has 3 aromatic carbocycles. The van der Waals surface area contributed by atoms with Gasteiger partial charge in [-0.05, 0) is 59.2 Å². The Balaban J connectivity index is 2.28. The Morgan fingerprint density at radius 3 is 1.87 bits per heavy atom. The lowest BCUT2D eigenvalue weighted by molar-refractivity contribution is 0.299. The van der Waals surface area contributed by atoms with Crippen molar-refractivity contribution in [2.24, 2.45) is 0 Å². The van der Waals surface area contributed by atoms with Gasteiger partial charge in [-0.25, -0.2) is 0 Å². The second-order valence-corrected chi connectivity index (χ2v) is 5.91. The molecule has 1 nitrogen and oxygen atoms in total. The summed E-state index contributed by atoms with van der Waals surface area (Å²) in [5.74, 6) is 0. The van der Waals surface area contributed by atoms with Gasteiger partial charge in [0, 0.05) is 6.61 Å². The van der Waals surface area contributed by atoms with Crippen molar-refractivity contribution >= 4 is 0 Å². The van der Waals surface area contributed by atoms with Crippen LogP contribution in [0.1, 0.15) is 16.7 Å². The minimum absolute atomic E-state index is 0.173. The highest BCUT2D eigenvalue weighted by atomic mass is 16.2. The molecule has 1 N–H and O–H groups in total. The number of benzene rings is 3. The molecule has 0 aliphatic carbocycles. The number of hydrogen-bond donors (Lipinski definition) is 1. The fraction of sp³-hybridized carbons (Fsp3) is 0.182. The first kappa shape index (κ1) is 15.5. The van der Waals surface area contributed by atoms with Crippen molar-refractivity contribution in [3.05, 3.63) is 83.4 Å². The molecule has 0 heterocycles. The second kappa shape index (κ2) is 6.80. The van der Waals surface area contributed by atoms with E-state index in [9.17, 15) is 5.11 Å². The Kier molecular flexibility index (Phi) is 4.59. The smallest absolute Gasteiger partial charge is 0.0471 e. The van der Waals surface area contributed by atoms with Crippen LogP contribution in [0.25, 0.3) is 22.3 Å². The summed E-state index contributed by atoms with van der Waals surface area (Å²) < 4.78 is 0. The van der Waals surface area contributed by atoms with Crippen molar-refractivity contribution in [1.29, 1.82) is 0 Å². The Hall–Kier alpha value is -2.38. The number of hydrogen-bond acceptors (Lipinski definition) is 1. The summed E-state index contributed by atoms with van der Waals surface area (Å²) in [5, 5.41) is 9.44. The maximum atomic E-state index is 9.44. The van der Waals surface area contributed by atoms with Crippen molar-refractivity contribution in [1.82, 2.24) is 0 Å². The molecule has 3 aromatic rings. The minimum Gasteiger partial charge on any atom is -0.396 e. The third-order valence-corrected chi connectivity index (χ3v) is 4.48. The van der Waals surface area contributed by atoms with Gasteiger partial charge in [0.25, 0.3) is 0 Å². The molecule has 0 bridgehead atoms. The highest BCUT2D eigenvalue weighted by molar-refractivity contribution is 5.81. The third kappa shape index (κ3) is 3.06. The van der Waals surface area contributed by atoms with Crippen LogP contribution in [0.5, 0.6) is 0 Å². The monoisotopic (exact) mass is 302 g/mol. The van der Waals surface area contributed by atoms with Crippen LogP contribution >= 0.6 is 0 Å². The van der Waals surface area contributed by atoms with Crippen molar-refractivity contribution in [2.45, 2.75) is 20.3 Å². The Morgan fingerprint density at radius 1 is 0.739 bits per heavy atom. The first-order chi connectivity index (χ1) is 11.2. The standard InChI is InChI=1S/C22H22O/c1-16-20(13-14-23)15-21(18-9-5-3-6-10-18)17(2)22(16)19-11-7-4-8-12-19/h3-12,15,23H,13-14H2,1-2H3. The van der Waals surface area contributed by atoms with Crippen LogP contribution in [-0.4, -0.2) is 11.7 Å². The topological polar surface area (TPSA) is 20.2 Å². The van der Waals surface area contributed by atoms with Crippen LogP contribution in [0.15, 0.2) is 66.7 Å². The number of aliphatic hydroxyl groups excluding tert-OH is 1. The van der Waals surface area contributed by atoms with E-state index >= 15 is 0 Å². The molecule has 3 rings (SSSR count). The zero-order chi connectivity index (χ0) is 16.2. The summed E-state index contributed by atoms with van der Waals surface area (Å²) in [7, 11) is 0. The van der Waals surface area contributed by atoms with E-state index in [1.165, 1.54) is 38.9 Å². The summed E-state index contributed by atoms with van der Waals surface area (Å²) in [5.41, 5.74) is 8.77. The fourth-order valence-electron chi connectivity index (χ4n) is 3.30. The molecule has 0 spiro atoms. The van der Waals surface area contributed by atoms with Gasteiger partial charge in [0.05, 0.1) is 0 Å². The van der Waals surface area contributed by atoms with Gasteiger partial charge in [0.15, 0.2) is 0 Å². The van der Waals surface area contributed by atoms with Crippen molar-refractivity contribution < 1.29 is 5.11 Å². The average molecular weight is 302 g/mol. The van der Waals surface area contributed by atoms with Crippen LogP contribution in [-0.2, 0) is 6.42 Å². The lowest BCUT2D eigenvalue weighted by atomic mass is 9.86. The van der Waals surface area contributed by atoms with E-state index in [1.807, 2.05) is 12.1 Å². The van der Waals surface area contributed by atoms with E-state index in [-0.39, 0.29) is 6.61 Å². The molecule has 0 saturated carbocycles. The van der Waals surface area contributed by atoms with Gasteiger partial charge < -0.3 is 5.11 Å². The van der Waals surface area contributed by atoms with Gasteiger partial charge >= 0.3 is 0 Å². The summed E-state index contributed by atoms with van der Waals surface area (Å²) in [6.07, 6.45) is 0.686. The molecule has 0 radical (unpaired) electrons. The van der Waals surface area contributed by atoms with E-state index < -0.39 is 0 Å². The molecule has 23 heavy (non-hydrogen) atoms. The minimum atomic E-state index is 0.173. The Bertz CT molecular complexity index is 789.